The Bertz CT molecular complexity index is 1360. The van der Waals surface area contributed by atoms with E-state index in [1.165, 1.54) is 0 Å². The number of aromatic hydroxyl groups is 1. The van der Waals surface area contributed by atoms with Gasteiger partial charge in [-0.2, -0.15) is 0 Å². The molecule has 0 radical (unpaired) electrons. The van der Waals surface area contributed by atoms with E-state index in [1.54, 1.807) is 31.3 Å². The van der Waals surface area contributed by atoms with Crippen LogP contribution in [0.5, 0.6) is 5.75 Å². The summed E-state index contributed by atoms with van der Waals surface area (Å²) in [5, 5.41) is 44.0. The third-order valence-corrected chi connectivity index (χ3v) is 7.20. The van der Waals surface area contributed by atoms with Gasteiger partial charge in [0.05, 0.1) is 11.3 Å². The van der Waals surface area contributed by atoms with Crippen LogP contribution in [0.25, 0.3) is 17.0 Å². The summed E-state index contributed by atoms with van der Waals surface area (Å²) in [6, 6.07) is 7.12. The number of benzene rings is 1. The highest BCUT2D eigenvalue weighted by atomic mass is 16.3. The van der Waals surface area contributed by atoms with Crippen molar-refractivity contribution in [3.05, 3.63) is 64.1 Å². The quantitative estimate of drug-likeness (QED) is 0.420. The Morgan fingerprint density at radius 1 is 1.18 bits per heavy atom. The van der Waals surface area contributed by atoms with Crippen LogP contribution in [0.3, 0.4) is 0 Å². The van der Waals surface area contributed by atoms with Gasteiger partial charge in [0.1, 0.15) is 22.8 Å². The number of aryl methyl sites for hydroxylation is 1. The second-order valence-corrected chi connectivity index (χ2v) is 9.06. The molecule has 0 spiro atoms. The van der Waals surface area contributed by atoms with Crippen LogP contribution in [-0.2, 0) is 20.8 Å². The molecule has 3 aliphatic rings. The fraction of sp³-hybridized carbons (Fsp3) is 0.280. The molecule has 5 rings (SSSR count). The molecule has 0 saturated heterocycles. The molecule has 6 N–H and O–H groups in total. The van der Waals surface area contributed by atoms with Crippen molar-refractivity contribution < 1.29 is 34.8 Å². The second kappa shape index (κ2) is 7.26. The number of fused-ring (bicyclic) bond motifs is 3. The molecule has 1 fully saturated rings. The summed E-state index contributed by atoms with van der Waals surface area (Å²) in [6.45, 7) is 1.65. The van der Waals surface area contributed by atoms with E-state index >= 15 is 0 Å². The van der Waals surface area contributed by atoms with Crippen LogP contribution in [0.2, 0.25) is 0 Å². The van der Waals surface area contributed by atoms with Gasteiger partial charge < -0.3 is 26.2 Å². The molecule has 3 atom stereocenters. The predicted molar refractivity (Wildman–Crippen MR) is 119 cm³/mol. The second-order valence-electron chi connectivity index (χ2n) is 9.06. The van der Waals surface area contributed by atoms with Crippen molar-refractivity contribution in [2.45, 2.75) is 31.8 Å². The Kier molecular flexibility index (Phi) is 4.66. The molecule has 34 heavy (non-hydrogen) atoms. The fourth-order valence-corrected chi connectivity index (χ4v) is 5.57. The highest BCUT2D eigenvalue weighted by Gasteiger charge is 2.60. The number of aliphatic hydroxyl groups is 3. The topological polar surface area (TPSA) is 171 Å². The van der Waals surface area contributed by atoms with Gasteiger partial charge in [0, 0.05) is 29.7 Å². The molecule has 174 valence electrons. The molecule has 3 aliphatic carbocycles. The number of nitrogens with two attached hydrogens (primary N) is 1. The molecule has 1 saturated carbocycles. The number of aromatic nitrogens is 1. The molecular formula is C25H22N2O7. The lowest BCUT2D eigenvalue weighted by atomic mass is 9.59. The van der Waals surface area contributed by atoms with Crippen molar-refractivity contribution in [2.24, 2.45) is 17.6 Å². The molecule has 0 aliphatic heterocycles. The summed E-state index contributed by atoms with van der Waals surface area (Å²) < 4.78 is 0. The monoisotopic (exact) mass is 462 g/mol. The van der Waals surface area contributed by atoms with Crippen molar-refractivity contribution in [3.63, 3.8) is 0 Å². The third-order valence-electron chi connectivity index (χ3n) is 7.20. The predicted octanol–water partition coefficient (Wildman–Crippen LogP) is 1.79. The number of carbonyl (C=O) groups excluding carboxylic acids is 3. The summed E-state index contributed by atoms with van der Waals surface area (Å²) >= 11 is 0. The first-order valence-corrected chi connectivity index (χ1v) is 10.8. The maximum Gasteiger partial charge on any atom is 0.255 e. The summed E-state index contributed by atoms with van der Waals surface area (Å²) in [4.78, 5) is 42.1. The van der Waals surface area contributed by atoms with Crippen LogP contribution >= 0.6 is 0 Å². The molecule has 1 aromatic carbocycles. The van der Waals surface area contributed by atoms with Crippen LogP contribution in [0.4, 0.5) is 0 Å². The van der Waals surface area contributed by atoms with E-state index in [9.17, 15) is 34.8 Å². The third kappa shape index (κ3) is 2.76. The van der Waals surface area contributed by atoms with E-state index in [2.05, 4.69) is 4.98 Å². The number of pyridine rings is 1. The molecule has 3 unspecified atom stereocenters. The van der Waals surface area contributed by atoms with E-state index in [4.69, 9.17) is 5.73 Å². The van der Waals surface area contributed by atoms with Crippen molar-refractivity contribution in [2.75, 3.05) is 0 Å². The summed E-state index contributed by atoms with van der Waals surface area (Å²) in [5.41, 5.74) is 4.07. The van der Waals surface area contributed by atoms with Gasteiger partial charge in [0.25, 0.3) is 5.91 Å². The minimum absolute atomic E-state index is 0.0628. The molecule has 9 nitrogen and oxygen atoms in total. The molecular weight excluding hydrogens is 440 g/mol. The summed E-state index contributed by atoms with van der Waals surface area (Å²) in [7, 11) is 0. The maximum absolute atomic E-state index is 13.6. The number of primary amides is 1. The number of amides is 1. The van der Waals surface area contributed by atoms with Crippen molar-refractivity contribution in [1.29, 1.82) is 0 Å². The lowest BCUT2D eigenvalue weighted by Crippen LogP contribution is -2.58. The highest BCUT2D eigenvalue weighted by molar-refractivity contribution is 6.22. The Hall–Kier alpha value is -3.98. The molecule has 2 aromatic rings. The number of rotatable bonds is 2. The van der Waals surface area contributed by atoms with E-state index in [1.807, 2.05) is 6.07 Å². The largest absolute Gasteiger partial charge is 0.508 e. The molecule has 0 bridgehead atoms. The van der Waals surface area contributed by atoms with Crippen LogP contribution in [0.15, 0.2) is 47.4 Å². The molecule has 1 aromatic heterocycles. The average Bonchev–Trinajstić information content (AvgIpc) is 2.79. The molecule has 1 heterocycles. The first-order chi connectivity index (χ1) is 16.1. The van der Waals surface area contributed by atoms with Gasteiger partial charge in [-0.3, -0.25) is 19.4 Å². The number of hydrogen-bond donors (Lipinski definition) is 5. The van der Waals surface area contributed by atoms with Crippen LogP contribution in [-0.4, -0.2) is 48.5 Å². The Morgan fingerprint density at radius 3 is 2.56 bits per heavy atom. The first-order valence-electron chi connectivity index (χ1n) is 10.8. The van der Waals surface area contributed by atoms with Gasteiger partial charge in [0.15, 0.2) is 11.4 Å². The highest BCUT2D eigenvalue weighted by Crippen LogP contribution is 2.53. The van der Waals surface area contributed by atoms with Gasteiger partial charge in [-0.15, -0.1) is 0 Å². The number of Topliss-reactive ketones (excluding diaryl/α,β-unsaturated/α-hetero) is 2. The zero-order valence-corrected chi connectivity index (χ0v) is 18.2. The summed E-state index contributed by atoms with van der Waals surface area (Å²) in [6.07, 6.45) is 1.58. The van der Waals surface area contributed by atoms with Gasteiger partial charge in [0.2, 0.25) is 5.78 Å². The number of hydrogen-bond acceptors (Lipinski definition) is 8. The minimum Gasteiger partial charge on any atom is -0.508 e. The van der Waals surface area contributed by atoms with E-state index in [0.717, 1.165) is 0 Å². The van der Waals surface area contributed by atoms with Crippen molar-refractivity contribution in [1.82, 2.24) is 4.98 Å². The Labute approximate surface area is 193 Å². The van der Waals surface area contributed by atoms with E-state index in [0.29, 0.717) is 22.4 Å². The van der Waals surface area contributed by atoms with Crippen molar-refractivity contribution >= 4 is 23.2 Å². The molecule has 9 heteroatoms. The maximum atomic E-state index is 13.6. The normalized spacial score (nSPS) is 26.2. The Balaban J connectivity index is 1.74. The number of carbonyl (C=O) groups is 3. The van der Waals surface area contributed by atoms with Crippen LogP contribution in [0, 0.1) is 18.8 Å². The van der Waals surface area contributed by atoms with Gasteiger partial charge in [-0.1, -0.05) is 6.07 Å². The smallest absolute Gasteiger partial charge is 0.255 e. The average molecular weight is 462 g/mol. The van der Waals surface area contributed by atoms with Crippen molar-refractivity contribution in [3.8, 4) is 17.0 Å². The molecule has 1 amide bonds. The lowest BCUT2D eigenvalue weighted by molar-refractivity contribution is -0.147. The zero-order valence-electron chi connectivity index (χ0n) is 18.2. The SMILES string of the molecule is Cc1cc(-c2ccccn2)c2c(c1O)C(O)=C1C(=O)C3(O)C(O)=C(C(N)=O)C(=O)CC3CC1C2. The van der Waals surface area contributed by atoms with Gasteiger partial charge >= 0.3 is 0 Å². The summed E-state index contributed by atoms with van der Waals surface area (Å²) in [5.74, 6) is -6.41. The number of phenols is 1. The van der Waals surface area contributed by atoms with E-state index in [-0.39, 0.29) is 36.1 Å². The fourth-order valence-electron chi connectivity index (χ4n) is 5.57. The minimum atomic E-state index is -2.57. The number of phenolic OH excluding ortho intramolecular Hbond substituents is 1. The standard InChI is InChI=1S/C25H22N2O7/c1-10-6-13(15-4-2-3-5-27-15)14-8-11-7-12-9-16(28)19(24(26)33)23(32)25(12,34)22(31)17(11)21(30)18(14)20(10)29/h2-6,11-12,29-30,32,34H,7-9H2,1H3,(H2,26,33). The van der Waals surface area contributed by atoms with Crippen LogP contribution < -0.4 is 5.73 Å². The number of nitrogens with zero attached hydrogens (tertiary/aromatic N) is 1. The first kappa shape index (κ1) is 21.8. The Morgan fingerprint density at radius 2 is 1.91 bits per heavy atom. The van der Waals surface area contributed by atoms with Crippen LogP contribution in [0.1, 0.15) is 29.5 Å². The van der Waals surface area contributed by atoms with Gasteiger partial charge in [-0.25, -0.2) is 0 Å². The zero-order chi connectivity index (χ0) is 24.5. The lowest BCUT2D eigenvalue weighted by Gasteiger charge is -2.46. The van der Waals surface area contributed by atoms with Gasteiger partial charge in [-0.05, 0) is 55.0 Å². The number of aliphatic hydroxyl groups excluding tert-OH is 2. The number of ketones is 2. The van der Waals surface area contributed by atoms with E-state index < -0.39 is 52.0 Å².